The van der Waals surface area contributed by atoms with Gasteiger partial charge in [0.25, 0.3) is 0 Å². The van der Waals surface area contributed by atoms with Crippen LogP contribution in [0.4, 0.5) is 5.69 Å². The van der Waals surface area contributed by atoms with Crippen LogP contribution >= 0.6 is 23.5 Å². The summed E-state index contributed by atoms with van der Waals surface area (Å²) in [5, 5.41) is 9.51. The third-order valence-electron chi connectivity index (χ3n) is 5.58. The lowest BCUT2D eigenvalue weighted by Gasteiger charge is -2.37. The molecule has 0 fully saturated rings. The van der Waals surface area contributed by atoms with Crippen molar-refractivity contribution in [2.24, 2.45) is 0 Å². The van der Waals surface area contributed by atoms with Crippen LogP contribution in [0, 0.1) is 0 Å². The van der Waals surface area contributed by atoms with Gasteiger partial charge in [0.2, 0.25) is 5.91 Å². The Morgan fingerprint density at radius 1 is 1.03 bits per heavy atom. The summed E-state index contributed by atoms with van der Waals surface area (Å²) in [6, 6.07) is 22.2. The monoisotopic (exact) mass is 473 g/mol. The molecule has 1 aliphatic heterocycles. The molecule has 0 aliphatic carbocycles. The van der Waals surface area contributed by atoms with E-state index in [1.54, 1.807) is 24.2 Å². The van der Waals surface area contributed by atoms with Crippen molar-refractivity contribution < 1.29 is 4.79 Å². The number of benzene rings is 2. The number of hydrogen-bond acceptors (Lipinski definition) is 6. The first-order valence-corrected chi connectivity index (χ1v) is 12.8. The van der Waals surface area contributed by atoms with Crippen LogP contribution in [-0.2, 0) is 11.3 Å². The summed E-state index contributed by atoms with van der Waals surface area (Å²) < 4.78 is 2.04. The Hall–Kier alpha value is -3.10. The zero-order valence-electron chi connectivity index (χ0n) is 18.2. The van der Waals surface area contributed by atoms with Gasteiger partial charge in [-0.1, -0.05) is 54.2 Å². The van der Waals surface area contributed by atoms with Crippen molar-refractivity contribution in [3.63, 3.8) is 0 Å². The van der Waals surface area contributed by atoms with Crippen LogP contribution < -0.4 is 4.90 Å². The molecule has 1 aliphatic rings. The fourth-order valence-corrected chi connectivity index (χ4v) is 6.04. The minimum absolute atomic E-state index is 0.00405. The molecule has 4 aromatic rings. The molecule has 0 spiro atoms. The molecule has 1 amide bonds. The van der Waals surface area contributed by atoms with Crippen molar-refractivity contribution in [3.05, 3.63) is 84.7 Å². The average Bonchev–Trinajstić information content (AvgIpc) is 3.30. The fourth-order valence-electron chi connectivity index (χ4n) is 4.01. The van der Waals surface area contributed by atoms with Crippen LogP contribution in [0.15, 0.2) is 89.2 Å². The minimum atomic E-state index is -0.00405. The summed E-state index contributed by atoms with van der Waals surface area (Å²) in [5.41, 5.74) is 3.08. The predicted molar refractivity (Wildman–Crippen MR) is 133 cm³/mol. The fraction of sp³-hybridized carbons (Fsp3) is 0.200. The lowest BCUT2D eigenvalue weighted by atomic mass is 10.1. The summed E-state index contributed by atoms with van der Waals surface area (Å²) in [6.07, 6.45) is 3.49. The molecule has 1 atom stereocenters. The maximum Gasteiger partial charge on any atom is 0.238 e. The molecule has 5 rings (SSSR count). The van der Waals surface area contributed by atoms with Crippen molar-refractivity contribution in [2.75, 3.05) is 16.4 Å². The molecule has 0 N–H and O–H groups in total. The van der Waals surface area contributed by atoms with Gasteiger partial charge in [0.15, 0.2) is 11.0 Å². The van der Waals surface area contributed by atoms with Crippen molar-refractivity contribution in [3.8, 4) is 11.4 Å². The number of rotatable bonds is 6. The van der Waals surface area contributed by atoms with Gasteiger partial charge in [-0.2, -0.15) is 0 Å². The van der Waals surface area contributed by atoms with Crippen molar-refractivity contribution in [2.45, 2.75) is 29.6 Å². The largest absolute Gasteiger partial charge is 0.302 e. The van der Waals surface area contributed by atoms with Crippen LogP contribution in [0.1, 0.15) is 18.5 Å². The highest BCUT2D eigenvalue weighted by Gasteiger charge is 2.32. The molecule has 0 saturated carbocycles. The number of carbonyl (C=O) groups is 1. The minimum Gasteiger partial charge on any atom is -0.302 e. The number of aromatic nitrogens is 4. The summed E-state index contributed by atoms with van der Waals surface area (Å²) >= 11 is 3.24. The molecular weight excluding hydrogens is 450 g/mol. The number of amides is 1. The van der Waals surface area contributed by atoms with Gasteiger partial charge in [-0.25, -0.2) is 0 Å². The standard InChI is InChI=1S/C25H23N5OS2/c1-2-29-24(19-12-14-26-15-13-19)27-28-25(29)33-17-23(31)30-20-10-6-7-11-22(20)32-16-21(30)18-8-4-3-5-9-18/h3-15,21H,2,16-17H2,1H3. The number of hydrogen-bond donors (Lipinski definition) is 0. The van der Waals surface area contributed by atoms with E-state index in [2.05, 4.69) is 40.3 Å². The second-order valence-corrected chi connectivity index (χ2v) is 9.55. The smallest absolute Gasteiger partial charge is 0.238 e. The normalized spacial score (nSPS) is 15.3. The van der Waals surface area contributed by atoms with Gasteiger partial charge in [0, 0.05) is 35.2 Å². The molecule has 3 heterocycles. The van der Waals surface area contributed by atoms with E-state index in [-0.39, 0.29) is 17.7 Å². The van der Waals surface area contributed by atoms with Gasteiger partial charge in [-0.3, -0.25) is 9.78 Å². The van der Waals surface area contributed by atoms with Gasteiger partial charge in [0.1, 0.15) is 0 Å². The third kappa shape index (κ3) is 4.41. The Morgan fingerprint density at radius 2 is 1.79 bits per heavy atom. The molecule has 6 nitrogen and oxygen atoms in total. The molecule has 8 heteroatoms. The van der Waals surface area contributed by atoms with E-state index >= 15 is 0 Å². The highest BCUT2D eigenvalue weighted by molar-refractivity contribution is 8.00. The molecule has 0 radical (unpaired) electrons. The molecular formula is C25H23N5OS2. The lowest BCUT2D eigenvalue weighted by molar-refractivity contribution is -0.116. The molecule has 0 bridgehead atoms. The first kappa shape index (κ1) is 21.7. The predicted octanol–water partition coefficient (Wildman–Crippen LogP) is 5.33. The lowest BCUT2D eigenvalue weighted by Crippen LogP contribution is -2.39. The van der Waals surface area contributed by atoms with Gasteiger partial charge in [-0.05, 0) is 36.8 Å². The quantitative estimate of drug-likeness (QED) is 0.353. The van der Waals surface area contributed by atoms with E-state index in [0.29, 0.717) is 0 Å². The van der Waals surface area contributed by atoms with Crippen molar-refractivity contribution in [1.29, 1.82) is 0 Å². The zero-order valence-corrected chi connectivity index (χ0v) is 19.8. The highest BCUT2D eigenvalue weighted by Crippen LogP contribution is 2.43. The van der Waals surface area contributed by atoms with Gasteiger partial charge in [-0.15, -0.1) is 22.0 Å². The number of fused-ring (bicyclic) bond motifs is 1. The van der Waals surface area contributed by atoms with Gasteiger partial charge < -0.3 is 9.47 Å². The van der Waals surface area contributed by atoms with E-state index in [4.69, 9.17) is 0 Å². The Labute approximate surface area is 201 Å². The number of thioether (sulfide) groups is 2. The van der Waals surface area contributed by atoms with Crippen LogP contribution in [0.3, 0.4) is 0 Å². The SMILES string of the molecule is CCn1c(SCC(=O)N2c3ccccc3SCC2c2ccccc2)nnc1-c1ccncc1. The van der Waals surface area contributed by atoms with E-state index in [1.807, 2.05) is 58.0 Å². The highest BCUT2D eigenvalue weighted by atomic mass is 32.2. The van der Waals surface area contributed by atoms with E-state index in [9.17, 15) is 4.79 Å². The van der Waals surface area contributed by atoms with Crippen molar-refractivity contribution in [1.82, 2.24) is 19.7 Å². The number of para-hydroxylation sites is 1. The first-order valence-electron chi connectivity index (χ1n) is 10.8. The first-order chi connectivity index (χ1) is 16.3. The van der Waals surface area contributed by atoms with Crippen molar-refractivity contribution >= 4 is 35.1 Å². The van der Waals surface area contributed by atoms with Crippen LogP contribution in [0.25, 0.3) is 11.4 Å². The molecule has 1 unspecified atom stereocenters. The second kappa shape index (κ2) is 9.80. The topological polar surface area (TPSA) is 63.9 Å². The number of anilines is 1. The van der Waals surface area contributed by atoms with Crippen LogP contribution in [0.2, 0.25) is 0 Å². The average molecular weight is 474 g/mol. The van der Waals surface area contributed by atoms with E-state index in [0.717, 1.165) is 45.0 Å². The Bertz CT molecular complexity index is 1250. The summed E-state index contributed by atoms with van der Waals surface area (Å²) in [7, 11) is 0. The number of carbonyl (C=O) groups excluding carboxylic acids is 1. The van der Waals surface area contributed by atoms with E-state index in [1.165, 1.54) is 11.8 Å². The van der Waals surface area contributed by atoms with Gasteiger partial charge in [0.05, 0.1) is 17.5 Å². The van der Waals surface area contributed by atoms with Gasteiger partial charge >= 0.3 is 0 Å². The summed E-state index contributed by atoms with van der Waals surface area (Å²) in [6.45, 7) is 2.78. The second-order valence-electron chi connectivity index (χ2n) is 7.54. The molecule has 33 heavy (non-hydrogen) atoms. The summed E-state index contributed by atoms with van der Waals surface area (Å²) in [4.78, 5) is 20.8. The molecule has 2 aromatic heterocycles. The molecule has 2 aromatic carbocycles. The maximum absolute atomic E-state index is 13.6. The Kier molecular flexibility index (Phi) is 6.46. The van der Waals surface area contributed by atoms with Crippen LogP contribution in [0.5, 0.6) is 0 Å². The Morgan fingerprint density at radius 3 is 2.58 bits per heavy atom. The molecule has 166 valence electrons. The summed E-state index contributed by atoms with van der Waals surface area (Å²) in [5.74, 6) is 1.97. The zero-order chi connectivity index (χ0) is 22.6. The number of pyridine rings is 1. The number of nitrogens with zero attached hydrogens (tertiary/aromatic N) is 5. The van der Waals surface area contributed by atoms with Crippen LogP contribution in [-0.4, -0.2) is 37.2 Å². The van der Waals surface area contributed by atoms with E-state index < -0.39 is 0 Å². The Balaban J connectivity index is 1.41. The molecule has 0 saturated heterocycles. The third-order valence-corrected chi connectivity index (χ3v) is 7.67. The maximum atomic E-state index is 13.6.